The third kappa shape index (κ3) is 3.46. The maximum Gasteiger partial charge on any atom is 0.258 e. The van der Waals surface area contributed by atoms with Gasteiger partial charge in [0.1, 0.15) is 12.3 Å². The predicted octanol–water partition coefficient (Wildman–Crippen LogP) is 2.44. The number of piperazine rings is 1. The van der Waals surface area contributed by atoms with Crippen molar-refractivity contribution in [3.8, 4) is 0 Å². The van der Waals surface area contributed by atoms with Crippen LogP contribution in [0.1, 0.15) is 11.1 Å². The van der Waals surface area contributed by atoms with Gasteiger partial charge >= 0.3 is 0 Å². The molecule has 5 rings (SSSR count). The number of carbonyl (C=O) groups excluding carboxylic acids is 1. The molecule has 2 N–H and O–H groups in total. The minimum Gasteiger partial charge on any atom is -0.394 e. The van der Waals surface area contributed by atoms with E-state index in [-0.39, 0.29) is 5.91 Å². The molecule has 0 aromatic heterocycles. The molecule has 0 unspecified atom stereocenters. The lowest BCUT2D eigenvalue weighted by Crippen LogP contribution is -2.45. The molecule has 0 spiro atoms. The Bertz CT molecular complexity index is 1040. The van der Waals surface area contributed by atoms with Gasteiger partial charge in [0, 0.05) is 55.2 Å². The molecule has 1 amide bonds. The van der Waals surface area contributed by atoms with Gasteiger partial charge in [0.15, 0.2) is 0 Å². The zero-order chi connectivity index (χ0) is 20.5. The molecule has 2 aromatic rings. The Labute approximate surface area is 176 Å². The summed E-state index contributed by atoms with van der Waals surface area (Å²) < 4.78 is 0. The van der Waals surface area contributed by atoms with Gasteiger partial charge < -0.3 is 20.4 Å². The van der Waals surface area contributed by atoms with E-state index in [2.05, 4.69) is 32.6 Å². The topological polar surface area (TPSA) is 69.2 Å². The fourth-order valence-corrected chi connectivity index (χ4v) is 4.12. The normalized spacial score (nSPS) is 22.6. The van der Waals surface area contributed by atoms with Crippen molar-refractivity contribution in [1.29, 1.82) is 0 Å². The minimum absolute atomic E-state index is 0.128. The molecule has 3 heterocycles. The number of carbonyl (C=O) groups is 1. The minimum atomic E-state index is -0.128. The molecule has 1 fully saturated rings. The van der Waals surface area contributed by atoms with Crippen molar-refractivity contribution in [3.63, 3.8) is 0 Å². The molecule has 0 bridgehead atoms. The fourth-order valence-electron chi connectivity index (χ4n) is 4.12. The first kappa shape index (κ1) is 18.8. The van der Waals surface area contributed by atoms with Crippen molar-refractivity contribution in [2.45, 2.75) is 0 Å². The van der Waals surface area contributed by atoms with E-state index in [9.17, 15) is 4.79 Å². The van der Waals surface area contributed by atoms with Crippen molar-refractivity contribution in [2.75, 3.05) is 57.0 Å². The third-order valence-electron chi connectivity index (χ3n) is 5.85. The quantitative estimate of drug-likeness (QED) is 0.466. The Balaban J connectivity index is 1.41. The lowest BCUT2D eigenvalue weighted by molar-refractivity contribution is -0.110. The SMILES string of the molecule is CN1CCN(CCO/N=C2/C(=C3/C(=O)Nc4ccccc43)Nc3ccccc32)CC1. The zero-order valence-corrected chi connectivity index (χ0v) is 17.0. The summed E-state index contributed by atoms with van der Waals surface area (Å²) in [6, 6.07) is 15.6. The van der Waals surface area contributed by atoms with E-state index < -0.39 is 0 Å². The lowest BCUT2D eigenvalue weighted by Gasteiger charge is -2.31. The van der Waals surface area contributed by atoms with Gasteiger partial charge in [-0.05, 0) is 19.2 Å². The van der Waals surface area contributed by atoms with Crippen LogP contribution in [0.15, 0.2) is 59.4 Å². The summed E-state index contributed by atoms with van der Waals surface area (Å²) in [5.41, 5.74) is 5.53. The van der Waals surface area contributed by atoms with Crippen molar-refractivity contribution in [2.24, 2.45) is 5.16 Å². The van der Waals surface area contributed by atoms with Gasteiger partial charge in [0.05, 0.1) is 11.3 Å². The molecular weight excluding hydrogens is 378 g/mol. The molecule has 0 aliphatic carbocycles. The van der Waals surface area contributed by atoms with Gasteiger partial charge in [-0.15, -0.1) is 0 Å². The Morgan fingerprint density at radius 1 is 0.933 bits per heavy atom. The van der Waals surface area contributed by atoms with E-state index in [0.29, 0.717) is 23.6 Å². The maximum absolute atomic E-state index is 12.8. The summed E-state index contributed by atoms with van der Waals surface area (Å²) in [7, 11) is 2.15. The number of nitrogens with one attached hydrogen (secondary N) is 2. The number of fused-ring (bicyclic) bond motifs is 2. The average Bonchev–Trinajstić information content (AvgIpc) is 3.28. The predicted molar refractivity (Wildman–Crippen MR) is 118 cm³/mol. The number of hydrogen-bond donors (Lipinski definition) is 2. The van der Waals surface area contributed by atoms with Crippen LogP contribution in [0.2, 0.25) is 0 Å². The Kier molecular flexibility index (Phi) is 4.98. The van der Waals surface area contributed by atoms with Crippen LogP contribution in [0, 0.1) is 0 Å². The Morgan fingerprint density at radius 2 is 1.60 bits per heavy atom. The number of benzene rings is 2. The molecule has 1 saturated heterocycles. The molecule has 154 valence electrons. The maximum atomic E-state index is 12.8. The summed E-state index contributed by atoms with van der Waals surface area (Å²) in [5.74, 6) is -0.128. The Morgan fingerprint density at radius 3 is 2.37 bits per heavy atom. The van der Waals surface area contributed by atoms with Crippen molar-refractivity contribution < 1.29 is 9.63 Å². The van der Waals surface area contributed by atoms with Gasteiger partial charge in [-0.2, -0.15) is 0 Å². The summed E-state index contributed by atoms with van der Waals surface area (Å²) in [6.45, 7) is 5.61. The number of nitrogens with zero attached hydrogens (tertiary/aromatic N) is 3. The van der Waals surface area contributed by atoms with Crippen LogP contribution in [0.3, 0.4) is 0 Å². The second kappa shape index (κ2) is 7.93. The van der Waals surface area contributed by atoms with E-state index >= 15 is 0 Å². The smallest absolute Gasteiger partial charge is 0.258 e. The van der Waals surface area contributed by atoms with Crippen LogP contribution in [0.25, 0.3) is 5.57 Å². The molecule has 7 nitrogen and oxygen atoms in total. The highest BCUT2D eigenvalue weighted by atomic mass is 16.6. The number of anilines is 2. The van der Waals surface area contributed by atoms with Crippen molar-refractivity contribution >= 4 is 28.6 Å². The van der Waals surface area contributed by atoms with Gasteiger partial charge in [-0.25, -0.2) is 0 Å². The highest BCUT2D eigenvalue weighted by Gasteiger charge is 2.34. The largest absolute Gasteiger partial charge is 0.394 e. The molecule has 3 aliphatic rings. The summed E-state index contributed by atoms with van der Waals surface area (Å²) in [4.78, 5) is 23.2. The Hall–Kier alpha value is -3.16. The van der Waals surface area contributed by atoms with Gasteiger partial charge in [0.25, 0.3) is 5.91 Å². The second-order valence-electron chi connectivity index (χ2n) is 7.84. The number of oxime groups is 1. The molecule has 0 atom stereocenters. The van der Waals surface area contributed by atoms with Crippen LogP contribution < -0.4 is 10.6 Å². The van der Waals surface area contributed by atoms with Crippen molar-refractivity contribution in [3.05, 3.63) is 65.4 Å². The standard InChI is InChI=1S/C23H25N5O2/c1-27-10-12-28(13-11-27)14-15-30-26-21-17-7-3-5-9-19(17)24-22(21)20-16-6-2-4-8-18(16)25-23(20)29/h2-9,24H,10-15H2,1H3,(H,25,29)/b22-20-,26-21+. The average molecular weight is 403 g/mol. The van der Waals surface area contributed by atoms with E-state index in [1.54, 1.807) is 0 Å². The number of para-hydroxylation sites is 2. The first-order valence-electron chi connectivity index (χ1n) is 10.3. The summed E-state index contributed by atoms with van der Waals surface area (Å²) >= 11 is 0. The van der Waals surface area contributed by atoms with Gasteiger partial charge in [-0.1, -0.05) is 41.6 Å². The van der Waals surface area contributed by atoms with E-state index in [0.717, 1.165) is 55.2 Å². The number of likely N-dealkylation sites (N-methyl/N-ethyl adjacent to an activating group) is 1. The third-order valence-corrected chi connectivity index (χ3v) is 5.85. The molecule has 2 aromatic carbocycles. The molecule has 30 heavy (non-hydrogen) atoms. The molecule has 0 saturated carbocycles. The van der Waals surface area contributed by atoms with Crippen LogP contribution in [-0.4, -0.2) is 67.8 Å². The zero-order valence-electron chi connectivity index (χ0n) is 17.0. The first-order valence-corrected chi connectivity index (χ1v) is 10.3. The molecule has 7 heteroatoms. The summed E-state index contributed by atoms with van der Waals surface area (Å²) in [5, 5.41) is 10.8. The highest BCUT2D eigenvalue weighted by Crippen LogP contribution is 2.38. The van der Waals surface area contributed by atoms with E-state index in [1.165, 1.54) is 0 Å². The van der Waals surface area contributed by atoms with Crippen LogP contribution in [0.4, 0.5) is 11.4 Å². The van der Waals surface area contributed by atoms with E-state index in [4.69, 9.17) is 4.84 Å². The number of rotatable bonds is 4. The first-order chi connectivity index (χ1) is 14.7. The molecule has 0 radical (unpaired) electrons. The fraction of sp³-hybridized carbons (Fsp3) is 0.304. The molecule has 3 aliphatic heterocycles. The van der Waals surface area contributed by atoms with E-state index in [1.807, 2.05) is 48.5 Å². The van der Waals surface area contributed by atoms with Gasteiger partial charge in [-0.3, -0.25) is 9.69 Å². The number of allylic oxidation sites excluding steroid dienone is 1. The van der Waals surface area contributed by atoms with Crippen LogP contribution in [-0.2, 0) is 9.63 Å². The van der Waals surface area contributed by atoms with Crippen molar-refractivity contribution in [1.82, 2.24) is 9.80 Å². The second-order valence-corrected chi connectivity index (χ2v) is 7.84. The number of amides is 1. The lowest BCUT2D eigenvalue weighted by atomic mass is 10.0. The van der Waals surface area contributed by atoms with Gasteiger partial charge in [0.2, 0.25) is 0 Å². The monoisotopic (exact) mass is 403 g/mol. The van der Waals surface area contributed by atoms with Crippen LogP contribution >= 0.6 is 0 Å². The highest BCUT2D eigenvalue weighted by molar-refractivity contribution is 6.39. The van der Waals surface area contributed by atoms with Crippen LogP contribution in [0.5, 0.6) is 0 Å². The molecular formula is C23H25N5O2. The summed E-state index contributed by atoms with van der Waals surface area (Å²) in [6.07, 6.45) is 0. The number of hydrogen-bond acceptors (Lipinski definition) is 6.